The third kappa shape index (κ3) is 2.81. The second kappa shape index (κ2) is 5.10. The van der Waals surface area contributed by atoms with E-state index in [9.17, 15) is 0 Å². The summed E-state index contributed by atoms with van der Waals surface area (Å²) >= 11 is 5.94. The lowest BCUT2D eigenvalue weighted by Gasteiger charge is -2.08. The molecule has 0 aliphatic heterocycles. The summed E-state index contributed by atoms with van der Waals surface area (Å²) < 4.78 is 10.6. The van der Waals surface area contributed by atoms with Gasteiger partial charge in [0.15, 0.2) is 0 Å². The molecular formula is C12H12ClN3O2. The second-order valence-electron chi connectivity index (χ2n) is 3.62. The molecule has 0 aliphatic carbocycles. The fourth-order valence-corrected chi connectivity index (χ4v) is 1.50. The number of ether oxygens (including phenoxy) is 2. The molecule has 1 aromatic heterocycles. The zero-order valence-corrected chi connectivity index (χ0v) is 10.7. The molecule has 18 heavy (non-hydrogen) atoms. The lowest BCUT2D eigenvalue weighted by Crippen LogP contribution is -1.99. The molecule has 0 fully saturated rings. The second-order valence-corrected chi connectivity index (χ2v) is 4.03. The van der Waals surface area contributed by atoms with Crippen LogP contribution in [0, 0.1) is 6.92 Å². The third-order valence-electron chi connectivity index (χ3n) is 2.26. The van der Waals surface area contributed by atoms with Crippen molar-refractivity contribution in [2.75, 3.05) is 12.8 Å². The summed E-state index contributed by atoms with van der Waals surface area (Å²) in [5.74, 6) is 1.39. The van der Waals surface area contributed by atoms with Gasteiger partial charge in [-0.2, -0.15) is 9.97 Å². The number of hydrogen-bond donors (Lipinski definition) is 1. The van der Waals surface area contributed by atoms with Gasteiger partial charge in [-0.1, -0.05) is 11.6 Å². The largest absolute Gasteiger partial charge is 0.481 e. The van der Waals surface area contributed by atoms with E-state index in [1.165, 1.54) is 7.11 Å². The van der Waals surface area contributed by atoms with E-state index >= 15 is 0 Å². The van der Waals surface area contributed by atoms with E-state index in [1.807, 2.05) is 13.0 Å². The first-order chi connectivity index (χ1) is 8.58. The topological polar surface area (TPSA) is 70.3 Å². The standard InChI is InChI=1S/C12H12ClN3O2/c1-7-5-8(3-4-9(7)13)18-11-6-10(17-2)15-12(14)16-11/h3-6H,1-2H3,(H2,14,15,16). The Hall–Kier alpha value is -2.01. The maximum absolute atomic E-state index is 5.94. The minimum absolute atomic E-state index is 0.0926. The zero-order valence-electron chi connectivity index (χ0n) is 9.98. The number of benzene rings is 1. The molecule has 6 heteroatoms. The Morgan fingerprint density at radius 3 is 2.56 bits per heavy atom. The summed E-state index contributed by atoms with van der Waals surface area (Å²) in [6.07, 6.45) is 0. The summed E-state index contributed by atoms with van der Waals surface area (Å²) in [6.45, 7) is 1.89. The fourth-order valence-electron chi connectivity index (χ4n) is 1.38. The van der Waals surface area contributed by atoms with Gasteiger partial charge < -0.3 is 15.2 Å². The van der Waals surface area contributed by atoms with E-state index in [0.717, 1.165) is 5.56 Å². The van der Waals surface area contributed by atoms with Crippen molar-refractivity contribution in [1.29, 1.82) is 0 Å². The zero-order chi connectivity index (χ0) is 13.1. The number of methoxy groups -OCH3 is 1. The Kier molecular flexibility index (Phi) is 3.53. The average Bonchev–Trinajstić information content (AvgIpc) is 2.33. The predicted octanol–water partition coefficient (Wildman–Crippen LogP) is 2.82. The first kappa shape index (κ1) is 12.4. The molecule has 2 aromatic rings. The lowest BCUT2D eigenvalue weighted by atomic mass is 10.2. The number of halogens is 1. The van der Waals surface area contributed by atoms with Gasteiger partial charge in [-0.25, -0.2) is 0 Å². The molecule has 5 nitrogen and oxygen atoms in total. The minimum atomic E-state index is 0.0926. The van der Waals surface area contributed by atoms with Crippen LogP contribution in [0.5, 0.6) is 17.5 Å². The third-order valence-corrected chi connectivity index (χ3v) is 2.68. The van der Waals surface area contributed by atoms with E-state index in [4.69, 9.17) is 26.8 Å². The van der Waals surface area contributed by atoms with Crippen LogP contribution in [0.1, 0.15) is 5.56 Å². The molecule has 2 rings (SSSR count). The van der Waals surface area contributed by atoms with Gasteiger partial charge in [0.25, 0.3) is 0 Å². The van der Waals surface area contributed by atoms with Crippen LogP contribution in [0.2, 0.25) is 5.02 Å². The number of nitrogen functional groups attached to an aromatic ring is 1. The highest BCUT2D eigenvalue weighted by atomic mass is 35.5. The molecule has 1 heterocycles. The molecule has 0 saturated carbocycles. The number of nitrogens with zero attached hydrogens (tertiary/aromatic N) is 2. The molecule has 0 radical (unpaired) electrons. The number of hydrogen-bond acceptors (Lipinski definition) is 5. The molecule has 0 spiro atoms. The molecule has 94 valence electrons. The van der Waals surface area contributed by atoms with Crippen molar-refractivity contribution in [3.05, 3.63) is 34.9 Å². The predicted molar refractivity (Wildman–Crippen MR) is 69.3 cm³/mol. The minimum Gasteiger partial charge on any atom is -0.481 e. The Bertz CT molecular complexity index is 575. The smallest absolute Gasteiger partial charge is 0.227 e. The van der Waals surface area contributed by atoms with Crippen molar-refractivity contribution in [3.63, 3.8) is 0 Å². The molecule has 0 bridgehead atoms. The molecule has 1 aromatic carbocycles. The summed E-state index contributed by atoms with van der Waals surface area (Å²) in [5, 5.41) is 0.683. The van der Waals surface area contributed by atoms with E-state index in [0.29, 0.717) is 22.5 Å². The van der Waals surface area contributed by atoms with Crippen molar-refractivity contribution in [1.82, 2.24) is 9.97 Å². The van der Waals surface area contributed by atoms with Crippen molar-refractivity contribution in [3.8, 4) is 17.5 Å². The summed E-state index contributed by atoms with van der Waals surface area (Å²) in [7, 11) is 1.50. The Labute approximate surface area is 110 Å². The summed E-state index contributed by atoms with van der Waals surface area (Å²) in [6, 6.07) is 6.88. The lowest BCUT2D eigenvalue weighted by molar-refractivity contribution is 0.389. The Balaban J connectivity index is 2.27. The SMILES string of the molecule is COc1cc(Oc2ccc(Cl)c(C)c2)nc(N)n1. The molecule has 0 saturated heterocycles. The summed E-state index contributed by atoms with van der Waals surface area (Å²) in [5.41, 5.74) is 6.46. The monoisotopic (exact) mass is 265 g/mol. The number of aryl methyl sites for hydroxylation is 1. The van der Waals surface area contributed by atoms with Crippen molar-refractivity contribution in [2.45, 2.75) is 6.92 Å². The van der Waals surface area contributed by atoms with Crippen molar-refractivity contribution < 1.29 is 9.47 Å². The van der Waals surface area contributed by atoms with Crippen LogP contribution in [0.15, 0.2) is 24.3 Å². The van der Waals surface area contributed by atoms with Crippen LogP contribution < -0.4 is 15.2 Å². The number of nitrogens with two attached hydrogens (primary N) is 1. The highest BCUT2D eigenvalue weighted by Crippen LogP contribution is 2.26. The molecule has 0 aliphatic rings. The first-order valence-corrected chi connectivity index (χ1v) is 5.59. The Morgan fingerprint density at radius 1 is 1.17 bits per heavy atom. The molecule has 0 atom stereocenters. The number of aromatic nitrogens is 2. The summed E-state index contributed by atoms with van der Waals surface area (Å²) in [4.78, 5) is 7.83. The van der Waals surface area contributed by atoms with Gasteiger partial charge in [0.2, 0.25) is 17.7 Å². The van der Waals surface area contributed by atoms with Crippen LogP contribution in [-0.2, 0) is 0 Å². The van der Waals surface area contributed by atoms with Crippen LogP contribution in [-0.4, -0.2) is 17.1 Å². The van der Waals surface area contributed by atoms with Crippen LogP contribution in [0.25, 0.3) is 0 Å². The van der Waals surface area contributed by atoms with Crippen molar-refractivity contribution >= 4 is 17.5 Å². The van der Waals surface area contributed by atoms with Gasteiger partial charge in [-0.15, -0.1) is 0 Å². The van der Waals surface area contributed by atoms with E-state index in [2.05, 4.69) is 9.97 Å². The van der Waals surface area contributed by atoms with Gasteiger partial charge in [0.05, 0.1) is 13.2 Å². The quantitative estimate of drug-likeness (QED) is 0.924. The fraction of sp³-hybridized carbons (Fsp3) is 0.167. The van der Waals surface area contributed by atoms with E-state index in [1.54, 1.807) is 18.2 Å². The number of rotatable bonds is 3. The normalized spacial score (nSPS) is 10.2. The van der Waals surface area contributed by atoms with E-state index < -0.39 is 0 Å². The average molecular weight is 266 g/mol. The maximum atomic E-state index is 5.94. The van der Waals surface area contributed by atoms with Gasteiger partial charge in [0, 0.05) is 5.02 Å². The molecule has 0 amide bonds. The van der Waals surface area contributed by atoms with Gasteiger partial charge in [-0.3, -0.25) is 0 Å². The van der Waals surface area contributed by atoms with Crippen LogP contribution in [0.3, 0.4) is 0 Å². The van der Waals surface area contributed by atoms with Crippen LogP contribution in [0.4, 0.5) is 5.95 Å². The maximum Gasteiger partial charge on any atom is 0.227 e. The van der Waals surface area contributed by atoms with Crippen molar-refractivity contribution in [2.24, 2.45) is 0 Å². The van der Waals surface area contributed by atoms with E-state index in [-0.39, 0.29) is 5.95 Å². The Morgan fingerprint density at radius 2 is 1.89 bits per heavy atom. The van der Waals surface area contributed by atoms with Crippen LogP contribution >= 0.6 is 11.6 Å². The molecule has 2 N–H and O–H groups in total. The highest BCUT2D eigenvalue weighted by Gasteiger charge is 2.06. The highest BCUT2D eigenvalue weighted by molar-refractivity contribution is 6.31. The molecular weight excluding hydrogens is 254 g/mol. The number of anilines is 1. The first-order valence-electron chi connectivity index (χ1n) is 5.21. The van der Waals surface area contributed by atoms with Gasteiger partial charge >= 0.3 is 0 Å². The molecule has 0 unspecified atom stereocenters. The van der Waals surface area contributed by atoms with Gasteiger partial charge in [-0.05, 0) is 30.7 Å². The van der Waals surface area contributed by atoms with Gasteiger partial charge in [0.1, 0.15) is 5.75 Å².